The third-order valence-electron chi connectivity index (χ3n) is 2.81. The van der Waals surface area contributed by atoms with Crippen molar-refractivity contribution in [1.82, 2.24) is 5.43 Å². The number of hydrogen-bond donors (Lipinski definition) is 3. The number of nitrogens with one attached hydrogen (secondary N) is 1. The molecule has 0 aliphatic rings. The predicted molar refractivity (Wildman–Crippen MR) is 91.2 cm³/mol. The van der Waals surface area contributed by atoms with Crippen molar-refractivity contribution in [2.75, 3.05) is 5.73 Å². The zero-order valence-corrected chi connectivity index (χ0v) is 14.1. The topological polar surface area (TPSA) is 81.1 Å². The van der Waals surface area contributed by atoms with Crippen molar-refractivity contribution < 1.29 is 4.79 Å². The molecule has 0 radical (unpaired) electrons. The quantitative estimate of drug-likeness (QED) is 0.247. The SMILES string of the molecule is NNC(=O)c1ccc(CSc2cc(Cl)ccc2N)c(Br)c1. The number of nitrogens with two attached hydrogens (primary N) is 2. The van der Waals surface area contributed by atoms with E-state index in [1.807, 2.05) is 12.1 Å². The van der Waals surface area contributed by atoms with Crippen LogP contribution in [0.2, 0.25) is 5.02 Å². The Hall–Kier alpha value is -1.21. The van der Waals surface area contributed by atoms with E-state index in [4.69, 9.17) is 23.2 Å². The monoisotopic (exact) mass is 385 g/mol. The highest BCUT2D eigenvalue weighted by Gasteiger charge is 2.08. The Bertz CT molecular complexity index is 681. The van der Waals surface area contributed by atoms with E-state index in [0.717, 1.165) is 14.9 Å². The van der Waals surface area contributed by atoms with Gasteiger partial charge < -0.3 is 5.73 Å². The van der Waals surface area contributed by atoms with Crippen LogP contribution in [0.4, 0.5) is 5.69 Å². The molecule has 0 saturated heterocycles. The van der Waals surface area contributed by atoms with Crippen molar-refractivity contribution in [2.45, 2.75) is 10.6 Å². The normalized spacial score (nSPS) is 10.4. The number of hydrazine groups is 1. The Morgan fingerprint density at radius 1 is 1.29 bits per heavy atom. The summed E-state index contributed by atoms with van der Waals surface area (Å²) in [5.74, 6) is 5.49. The van der Waals surface area contributed by atoms with E-state index in [-0.39, 0.29) is 5.91 Å². The molecular weight excluding hydrogens is 374 g/mol. The van der Waals surface area contributed by atoms with Crippen LogP contribution >= 0.6 is 39.3 Å². The van der Waals surface area contributed by atoms with Crippen LogP contribution < -0.4 is 17.0 Å². The molecule has 21 heavy (non-hydrogen) atoms. The summed E-state index contributed by atoms with van der Waals surface area (Å²) in [6.07, 6.45) is 0. The van der Waals surface area contributed by atoms with Gasteiger partial charge in [-0.2, -0.15) is 0 Å². The highest BCUT2D eigenvalue weighted by Crippen LogP contribution is 2.32. The minimum atomic E-state index is -0.325. The molecule has 2 aromatic rings. The van der Waals surface area contributed by atoms with Crippen molar-refractivity contribution in [3.63, 3.8) is 0 Å². The fraction of sp³-hybridized carbons (Fsp3) is 0.0714. The number of amides is 1. The largest absolute Gasteiger partial charge is 0.398 e. The van der Waals surface area contributed by atoms with Gasteiger partial charge in [0.15, 0.2) is 0 Å². The fourth-order valence-electron chi connectivity index (χ4n) is 1.68. The van der Waals surface area contributed by atoms with E-state index < -0.39 is 0 Å². The maximum Gasteiger partial charge on any atom is 0.265 e. The standard InChI is InChI=1S/C14H13BrClN3OS/c15-11-5-8(14(20)19-18)1-2-9(11)7-21-13-6-10(16)3-4-12(13)17/h1-6H,7,17-18H2,(H,19,20). The van der Waals surface area contributed by atoms with Crippen LogP contribution in [0.1, 0.15) is 15.9 Å². The number of carbonyl (C=O) groups excluding carboxylic acids is 1. The van der Waals surface area contributed by atoms with Crippen LogP contribution in [0.25, 0.3) is 0 Å². The maximum absolute atomic E-state index is 11.4. The lowest BCUT2D eigenvalue weighted by atomic mass is 10.1. The van der Waals surface area contributed by atoms with Crippen molar-refractivity contribution in [1.29, 1.82) is 0 Å². The van der Waals surface area contributed by atoms with Crippen molar-refractivity contribution in [3.8, 4) is 0 Å². The van der Waals surface area contributed by atoms with Gasteiger partial charge in [-0.15, -0.1) is 11.8 Å². The Morgan fingerprint density at radius 2 is 2.05 bits per heavy atom. The van der Waals surface area contributed by atoms with Crippen LogP contribution in [-0.2, 0) is 5.75 Å². The fourth-order valence-corrected chi connectivity index (χ4v) is 3.63. The molecule has 0 aliphatic carbocycles. The molecule has 0 atom stereocenters. The van der Waals surface area contributed by atoms with Crippen LogP contribution in [0, 0.1) is 0 Å². The second-order valence-corrected chi connectivity index (χ2v) is 6.56. The number of anilines is 1. The average molecular weight is 387 g/mol. The average Bonchev–Trinajstić information content (AvgIpc) is 2.48. The molecule has 0 unspecified atom stereocenters. The summed E-state index contributed by atoms with van der Waals surface area (Å²) in [7, 11) is 0. The number of carbonyl (C=O) groups is 1. The summed E-state index contributed by atoms with van der Waals surface area (Å²) in [6.45, 7) is 0. The number of rotatable bonds is 4. The Balaban J connectivity index is 2.13. The highest BCUT2D eigenvalue weighted by atomic mass is 79.9. The van der Waals surface area contributed by atoms with Crippen LogP contribution in [0.3, 0.4) is 0 Å². The number of thioether (sulfide) groups is 1. The molecule has 0 spiro atoms. The Morgan fingerprint density at radius 3 is 2.71 bits per heavy atom. The number of nitrogen functional groups attached to an aromatic ring is 2. The second-order valence-electron chi connectivity index (χ2n) is 4.25. The van der Waals surface area contributed by atoms with E-state index in [1.54, 1.807) is 36.0 Å². The summed E-state index contributed by atoms with van der Waals surface area (Å²) in [5, 5.41) is 0.653. The smallest absolute Gasteiger partial charge is 0.265 e. The van der Waals surface area contributed by atoms with Gasteiger partial charge in [0.05, 0.1) is 0 Å². The zero-order valence-electron chi connectivity index (χ0n) is 10.9. The summed E-state index contributed by atoms with van der Waals surface area (Å²) in [5.41, 5.74) is 10.3. The summed E-state index contributed by atoms with van der Waals surface area (Å²) < 4.78 is 0.844. The van der Waals surface area contributed by atoms with E-state index in [2.05, 4.69) is 21.4 Å². The zero-order chi connectivity index (χ0) is 15.4. The molecule has 7 heteroatoms. The number of halogens is 2. The molecule has 4 nitrogen and oxygen atoms in total. The first-order valence-corrected chi connectivity index (χ1v) is 8.14. The third kappa shape index (κ3) is 4.14. The lowest BCUT2D eigenvalue weighted by Crippen LogP contribution is -2.29. The molecule has 0 aliphatic heterocycles. The molecule has 110 valence electrons. The molecular formula is C14H13BrClN3OS. The van der Waals surface area contributed by atoms with Gasteiger partial charge in [0, 0.05) is 31.4 Å². The van der Waals surface area contributed by atoms with Crippen molar-refractivity contribution in [2.24, 2.45) is 5.84 Å². The highest BCUT2D eigenvalue weighted by molar-refractivity contribution is 9.10. The van der Waals surface area contributed by atoms with Gasteiger partial charge in [-0.25, -0.2) is 5.84 Å². The van der Waals surface area contributed by atoms with Crippen LogP contribution in [0.5, 0.6) is 0 Å². The second kappa shape index (κ2) is 7.17. The maximum atomic E-state index is 11.4. The van der Waals surface area contributed by atoms with E-state index in [9.17, 15) is 4.79 Å². The lowest BCUT2D eigenvalue weighted by Gasteiger charge is -2.09. The van der Waals surface area contributed by atoms with Gasteiger partial charge in [0.2, 0.25) is 0 Å². The van der Waals surface area contributed by atoms with Crippen LogP contribution in [-0.4, -0.2) is 5.91 Å². The molecule has 1 amide bonds. The van der Waals surface area contributed by atoms with Crippen molar-refractivity contribution >= 4 is 50.9 Å². The first-order valence-electron chi connectivity index (χ1n) is 5.98. The number of benzene rings is 2. The van der Waals surface area contributed by atoms with E-state index >= 15 is 0 Å². The van der Waals surface area contributed by atoms with Gasteiger partial charge in [-0.3, -0.25) is 10.2 Å². The Kier molecular flexibility index (Phi) is 5.52. The summed E-state index contributed by atoms with van der Waals surface area (Å²) in [4.78, 5) is 12.4. The van der Waals surface area contributed by atoms with Gasteiger partial charge >= 0.3 is 0 Å². The summed E-state index contributed by atoms with van der Waals surface area (Å²) >= 11 is 11.0. The lowest BCUT2D eigenvalue weighted by molar-refractivity contribution is 0.0953. The molecule has 0 heterocycles. The Labute approximate surface area is 140 Å². The first-order chi connectivity index (χ1) is 10.0. The molecule has 0 fully saturated rings. The third-order valence-corrected chi connectivity index (χ3v) is 4.90. The minimum Gasteiger partial charge on any atom is -0.398 e. The van der Waals surface area contributed by atoms with Gasteiger partial charge in [0.1, 0.15) is 0 Å². The molecule has 0 saturated carbocycles. The van der Waals surface area contributed by atoms with Gasteiger partial charge in [-0.05, 0) is 35.9 Å². The number of hydrogen-bond acceptors (Lipinski definition) is 4. The van der Waals surface area contributed by atoms with Gasteiger partial charge in [-0.1, -0.05) is 33.6 Å². The summed E-state index contributed by atoms with van der Waals surface area (Å²) in [6, 6.07) is 10.7. The molecule has 2 rings (SSSR count). The first kappa shape index (κ1) is 16.2. The molecule has 5 N–H and O–H groups in total. The molecule has 0 bridgehead atoms. The minimum absolute atomic E-state index is 0.325. The van der Waals surface area contributed by atoms with E-state index in [1.165, 1.54) is 0 Å². The van der Waals surface area contributed by atoms with Gasteiger partial charge in [0.25, 0.3) is 5.91 Å². The molecule has 0 aromatic heterocycles. The van der Waals surface area contributed by atoms with Crippen LogP contribution in [0.15, 0.2) is 45.8 Å². The van der Waals surface area contributed by atoms with Crippen molar-refractivity contribution in [3.05, 3.63) is 57.0 Å². The molecule has 2 aromatic carbocycles. The predicted octanol–water partition coefficient (Wildman–Crippen LogP) is 3.58. The van der Waals surface area contributed by atoms with E-state index in [0.29, 0.717) is 22.0 Å².